The van der Waals surface area contributed by atoms with E-state index in [1.165, 1.54) is 12.1 Å². The van der Waals surface area contributed by atoms with Gasteiger partial charge in [0, 0.05) is 6.04 Å². The van der Waals surface area contributed by atoms with E-state index in [4.69, 9.17) is 12.2 Å². The van der Waals surface area contributed by atoms with E-state index >= 15 is 0 Å². The van der Waals surface area contributed by atoms with E-state index in [1.807, 2.05) is 26.0 Å². The number of carbonyl (C=O) groups is 2. The molecule has 10 heteroatoms. The Morgan fingerprint density at radius 3 is 2.43 bits per heavy atom. The fourth-order valence-corrected chi connectivity index (χ4v) is 5.96. The molecule has 37 heavy (non-hydrogen) atoms. The van der Waals surface area contributed by atoms with Crippen LogP contribution in [0.4, 0.5) is 4.79 Å². The van der Waals surface area contributed by atoms with Crippen molar-refractivity contribution in [1.29, 1.82) is 0 Å². The van der Waals surface area contributed by atoms with Gasteiger partial charge < -0.3 is 0 Å². The molecule has 1 saturated carbocycles. The summed E-state index contributed by atoms with van der Waals surface area (Å²) in [7, 11) is 4.01. The molecule has 0 atom stereocenters. The maximum atomic E-state index is 13.3. The minimum absolute atomic E-state index is 0.00248. The van der Waals surface area contributed by atoms with Gasteiger partial charge >= 0.3 is 182 Å². The summed E-state index contributed by atoms with van der Waals surface area (Å²) in [5.41, 5.74) is 2.15. The number of hydrogen-bond acceptors (Lipinski definition) is 5. The Kier molecular flexibility index (Phi) is 7.78. The van der Waals surface area contributed by atoms with Crippen molar-refractivity contribution < 1.29 is 22.7 Å². The number of ether oxygens (including phenoxy) is 1. The number of carbonyl (C=O) groups excluding carboxylic acids is 2. The van der Waals surface area contributed by atoms with Crippen molar-refractivity contribution in [2.24, 2.45) is 0 Å². The average molecular weight is 522 g/mol. The van der Waals surface area contributed by atoms with Gasteiger partial charge in [0.15, 0.2) is 0 Å². The van der Waals surface area contributed by atoms with Crippen LogP contribution in [0.25, 0.3) is 0 Å². The summed E-state index contributed by atoms with van der Waals surface area (Å²) in [6.45, 7) is 4.28. The number of hydrogen-bond donors (Lipinski definition) is 2. The van der Waals surface area contributed by atoms with Crippen molar-refractivity contribution in [3.8, 4) is 5.75 Å². The van der Waals surface area contributed by atoms with Crippen LogP contribution in [0.3, 0.4) is 0 Å². The Morgan fingerprint density at radius 2 is 1.78 bits per heavy atom. The van der Waals surface area contributed by atoms with E-state index < -0.39 is 21.5 Å². The van der Waals surface area contributed by atoms with Gasteiger partial charge in [-0.3, -0.25) is 0 Å². The number of rotatable bonds is 7. The number of amides is 3. The van der Waals surface area contributed by atoms with Crippen LogP contribution in [-0.4, -0.2) is 58.0 Å². The van der Waals surface area contributed by atoms with E-state index in [0.29, 0.717) is 29.9 Å². The van der Waals surface area contributed by atoms with Crippen LogP contribution in [0, 0.1) is 0 Å². The monoisotopic (exact) mass is 522 g/mol. The van der Waals surface area contributed by atoms with Gasteiger partial charge in [-0.1, -0.05) is 19.3 Å². The molecule has 0 unspecified atom stereocenters. The zero-order valence-electron chi connectivity index (χ0n) is 21.5. The Hall–Kier alpha value is -3.14. The molecule has 195 valence electrons. The molecule has 3 amide bonds. The SMILES string of the molecule is [B]=C1N(CCc2ccc(S(=O)(=O)NC(=O)NC3CCCCC3)cc2)C(=O)c2cc(OC)ccc2C1(C)C. The Bertz CT molecular complexity index is 1300. The van der Waals surface area contributed by atoms with E-state index in [-0.39, 0.29) is 16.8 Å². The van der Waals surface area contributed by atoms with Crippen LogP contribution in [0.1, 0.15) is 67.4 Å². The van der Waals surface area contributed by atoms with Gasteiger partial charge in [-0.15, -0.1) is 0 Å². The number of fused-ring (bicyclic) bond motifs is 1. The van der Waals surface area contributed by atoms with Crippen LogP contribution >= 0.6 is 0 Å². The predicted molar refractivity (Wildman–Crippen MR) is 144 cm³/mol. The van der Waals surface area contributed by atoms with E-state index in [2.05, 4.69) is 10.0 Å². The molecule has 1 heterocycles. The van der Waals surface area contributed by atoms with Gasteiger partial charge in [-0.25, -0.2) is 0 Å². The molecule has 0 bridgehead atoms. The van der Waals surface area contributed by atoms with Crippen LogP contribution in [0.15, 0.2) is 47.4 Å². The molecule has 0 aromatic heterocycles. The second-order valence-electron chi connectivity index (χ2n) is 10.2. The summed E-state index contributed by atoms with van der Waals surface area (Å²) >= 11 is 0. The number of sulfonamides is 1. The van der Waals surface area contributed by atoms with E-state index in [9.17, 15) is 18.0 Å². The molecule has 2 aromatic rings. The third-order valence-electron chi connectivity index (χ3n) is 7.33. The normalized spacial score (nSPS) is 17.7. The number of methoxy groups -OCH3 is 1. The first-order valence-corrected chi connectivity index (χ1v) is 14.1. The zero-order valence-corrected chi connectivity index (χ0v) is 22.4. The molecule has 2 aliphatic rings. The Morgan fingerprint density at radius 1 is 1.11 bits per heavy atom. The van der Waals surface area contributed by atoms with Gasteiger partial charge in [0.2, 0.25) is 0 Å². The zero-order chi connectivity index (χ0) is 26.8. The summed E-state index contributed by atoms with van der Waals surface area (Å²) in [6, 6.07) is 11.0. The fraction of sp³-hybridized carbons (Fsp3) is 0.444. The first-order chi connectivity index (χ1) is 17.5. The van der Waals surface area contributed by atoms with Crippen LogP contribution in [0.2, 0.25) is 0 Å². The number of nitrogens with zero attached hydrogens (tertiary/aromatic N) is 1. The quantitative estimate of drug-likeness (QED) is 0.544. The molecule has 1 aliphatic heterocycles. The molecule has 0 spiro atoms. The summed E-state index contributed by atoms with van der Waals surface area (Å²) in [5, 5.41) is 2.75. The number of nitrogens with one attached hydrogen (secondary N) is 2. The first kappa shape index (κ1) is 26.9. The average Bonchev–Trinajstić information content (AvgIpc) is 2.88. The molecular formula is C27H33BN3O5S. The predicted octanol–water partition coefficient (Wildman–Crippen LogP) is 3.29. The molecule has 1 radical (unpaired) electrons. The van der Waals surface area contributed by atoms with Crippen LogP contribution in [-0.2, 0) is 21.9 Å². The topological polar surface area (TPSA) is 105 Å². The molecular weight excluding hydrogens is 489 g/mol. The van der Waals surface area contributed by atoms with Gasteiger partial charge in [0.05, 0.1) is 0 Å². The van der Waals surface area contributed by atoms with E-state index in [1.54, 1.807) is 30.2 Å². The summed E-state index contributed by atoms with van der Waals surface area (Å²) in [4.78, 5) is 27.1. The summed E-state index contributed by atoms with van der Waals surface area (Å²) in [6.07, 6.45) is 5.39. The van der Waals surface area contributed by atoms with Crippen molar-refractivity contribution in [3.05, 3.63) is 59.2 Å². The van der Waals surface area contributed by atoms with Crippen molar-refractivity contribution in [3.63, 3.8) is 0 Å². The van der Waals surface area contributed by atoms with Crippen molar-refractivity contribution in [2.45, 2.75) is 68.7 Å². The summed E-state index contributed by atoms with van der Waals surface area (Å²) in [5.74, 6) is 0.402. The van der Waals surface area contributed by atoms with Crippen LogP contribution in [0.5, 0.6) is 5.75 Å². The van der Waals surface area contributed by atoms with E-state index in [0.717, 1.165) is 43.2 Å². The molecule has 4 rings (SSSR count). The van der Waals surface area contributed by atoms with Crippen LogP contribution < -0.4 is 14.8 Å². The Balaban J connectivity index is 1.41. The maximum absolute atomic E-state index is 13.3. The molecule has 1 fully saturated rings. The molecule has 2 aromatic carbocycles. The fourth-order valence-electron chi connectivity index (χ4n) is 5.04. The molecule has 1 aliphatic carbocycles. The third-order valence-corrected chi connectivity index (χ3v) is 8.68. The standard InChI is InChI=1S/C27H33BN3O5S/c1-27(2)23-14-11-20(36-3)17-22(23)24(32)31(25(27)28)16-15-18-9-12-21(13-10-18)37(34,35)30-26(33)29-19-7-5-4-6-8-19/h9-14,17,19H,4-8,15-16H2,1-3H3,(H2,29,30,33). The molecule has 2 N–H and O–H groups in total. The number of benzene rings is 2. The van der Waals surface area contributed by atoms with Gasteiger partial charge in [0.25, 0.3) is 0 Å². The first-order valence-electron chi connectivity index (χ1n) is 12.6. The molecule has 8 nitrogen and oxygen atoms in total. The van der Waals surface area contributed by atoms with Gasteiger partial charge in [-0.2, -0.15) is 0 Å². The number of urea groups is 1. The Labute approximate surface area is 219 Å². The van der Waals surface area contributed by atoms with Gasteiger partial charge in [-0.05, 0) is 12.8 Å². The second-order valence-corrected chi connectivity index (χ2v) is 11.9. The minimum atomic E-state index is -4.00. The van der Waals surface area contributed by atoms with Crippen molar-refractivity contribution in [2.75, 3.05) is 13.7 Å². The molecule has 0 saturated heterocycles. The third kappa shape index (κ3) is 5.74. The van der Waals surface area contributed by atoms with Crippen molar-refractivity contribution >= 4 is 35.0 Å². The van der Waals surface area contributed by atoms with Crippen molar-refractivity contribution in [1.82, 2.24) is 14.9 Å². The second kappa shape index (κ2) is 10.7. The summed E-state index contributed by atoms with van der Waals surface area (Å²) < 4.78 is 32.7. The van der Waals surface area contributed by atoms with Gasteiger partial charge in [0.1, 0.15) is 0 Å².